The molecule has 0 saturated carbocycles. The highest BCUT2D eigenvalue weighted by Crippen LogP contribution is 2.47. The third-order valence-electron chi connectivity index (χ3n) is 3.98. The van der Waals surface area contributed by atoms with E-state index in [0.29, 0.717) is 32.4 Å². The maximum Gasteiger partial charge on any atom is 0.358 e. The molecule has 1 aliphatic heterocycles. The SMILES string of the molecule is COC(=O)c1c(N2C(CBr)=C(Br)C(=C=O)c3cc(F)ccc32)cnn1C. The molecule has 26 heavy (non-hydrogen) atoms. The number of aromatic nitrogens is 2. The molecular weight excluding hydrogens is 473 g/mol. The van der Waals surface area contributed by atoms with Gasteiger partial charge in [0.15, 0.2) is 5.69 Å². The lowest BCUT2D eigenvalue weighted by Crippen LogP contribution is -2.26. The molecule has 0 atom stereocenters. The van der Waals surface area contributed by atoms with Gasteiger partial charge in [-0.05, 0) is 34.1 Å². The third-order valence-corrected chi connectivity index (χ3v) is 5.36. The van der Waals surface area contributed by atoms with Gasteiger partial charge in [-0.2, -0.15) is 5.10 Å². The number of nitrogens with zero attached hydrogens (tertiary/aromatic N) is 3. The number of allylic oxidation sites excluding steroid dienone is 3. The Kier molecular flexibility index (Phi) is 5.13. The number of ether oxygens (including phenoxy) is 1. The van der Waals surface area contributed by atoms with Crippen molar-refractivity contribution in [3.05, 3.63) is 51.6 Å². The van der Waals surface area contributed by atoms with E-state index < -0.39 is 11.8 Å². The van der Waals surface area contributed by atoms with Crippen LogP contribution in [0.2, 0.25) is 0 Å². The van der Waals surface area contributed by atoms with Gasteiger partial charge in [0.05, 0.1) is 34.7 Å². The maximum absolute atomic E-state index is 13.8. The first-order valence-corrected chi connectivity index (χ1v) is 9.26. The molecule has 0 aliphatic carbocycles. The molecule has 9 heteroatoms. The van der Waals surface area contributed by atoms with Crippen molar-refractivity contribution in [1.82, 2.24) is 9.78 Å². The van der Waals surface area contributed by atoms with Crippen LogP contribution in [0.3, 0.4) is 0 Å². The fourth-order valence-electron chi connectivity index (χ4n) is 2.83. The van der Waals surface area contributed by atoms with E-state index in [1.165, 1.54) is 36.2 Å². The topological polar surface area (TPSA) is 64.4 Å². The molecule has 3 rings (SSSR count). The second-order valence-electron chi connectivity index (χ2n) is 5.36. The third kappa shape index (κ3) is 2.82. The average Bonchev–Trinajstić information content (AvgIpc) is 3.01. The summed E-state index contributed by atoms with van der Waals surface area (Å²) in [6.45, 7) is 0. The molecular formula is C17H12Br2FN3O3. The molecule has 134 valence electrons. The Hall–Kier alpha value is -2.22. The van der Waals surface area contributed by atoms with E-state index in [4.69, 9.17) is 4.74 Å². The van der Waals surface area contributed by atoms with Gasteiger partial charge in [-0.25, -0.2) is 14.0 Å². The van der Waals surface area contributed by atoms with Crippen molar-refractivity contribution in [3.63, 3.8) is 0 Å². The minimum absolute atomic E-state index is 0.203. The number of methoxy groups -OCH3 is 1. The van der Waals surface area contributed by atoms with Crippen molar-refractivity contribution in [2.24, 2.45) is 7.05 Å². The number of benzene rings is 1. The Morgan fingerprint density at radius 3 is 2.73 bits per heavy atom. The van der Waals surface area contributed by atoms with E-state index in [9.17, 15) is 14.0 Å². The molecule has 0 amide bonds. The summed E-state index contributed by atoms with van der Waals surface area (Å²) in [5.41, 5.74) is 2.40. The number of fused-ring (bicyclic) bond motifs is 1. The van der Waals surface area contributed by atoms with Crippen LogP contribution in [0.4, 0.5) is 15.8 Å². The second-order valence-corrected chi connectivity index (χ2v) is 6.72. The van der Waals surface area contributed by atoms with Gasteiger partial charge < -0.3 is 9.64 Å². The van der Waals surface area contributed by atoms with Crippen molar-refractivity contribution in [2.45, 2.75) is 0 Å². The van der Waals surface area contributed by atoms with Crippen LogP contribution in [0, 0.1) is 5.82 Å². The predicted octanol–water partition coefficient (Wildman–Crippen LogP) is 3.71. The van der Waals surface area contributed by atoms with E-state index in [-0.39, 0.29) is 11.3 Å². The summed E-state index contributed by atoms with van der Waals surface area (Å²) in [6.07, 6.45) is 1.51. The first-order valence-electron chi connectivity index (χ1n) is 7.35. The van der Waals surface area contributed by atoms with Crippen molar-refractivity contribution < 1.29 is 18.7 Å². The van der Waals surface area contributed by atoms with Gasteiger partial charge in [-0.15, -0.1) is 0 Å². The summed E-state index contributed by atoms with van der Waals surface area (Å²) in [7, 11) is 2.90. The van der Waals surface area contributed by atoms with Crippen molar-refractivity contribution in [3.8, 4) is 0 Å². The number of aryl methyl sites for hydroxylation is 1. The number of alkyl halides is 1. The number of halogens is 3. The minimum Gasteiger partial charge on any atom is -0.464 e. The van der Waals surface area contributed by atoms with Crippen LogP contribution in [-0.4, -0.2) is 34.1 Å². The fourth-order valence-corrected chi connectivity index (χ4v) is 4.35. The molecule has 1 aliphatic rings. The van der Waals surface area contributed by atoms with Gasteiger partial charge in [0.25, 0.3) is 0 Å². The van der Waals surface area contributed by atoms with Crippen LogP contribution >= 0.6 is 31.9 Å². The average molecular weight is 485 g/mol. The number of rotatable bonds is 3. The highest BCUT2D eigenvalue weighted by Gasteiger charge is 2.33. The van der Waals surface area contributed by atoms with E-state index in [1.54, 1.807) is 11.9 Å². The first-order chi connectivity index (χ1) is 12.4. The zero-order valence-electron chi connectivity index (χ0n) is 13.7. The smallest absolute Gasteiger partial charge is 0.358 e. The first kappa shape index (κ1) is 18.6. The summed E-state index contributed by atoms with van der Waals surface area (Å²) in [5.74, 6) is 0.810. The molecule has 6 nitrogen and oxygen atoms in total. The number of hydrogen-bond acceptors (Lipinski definition) is 5. The Morgan fingerprint density at radius 1 is 1.38 bits per heavy atom. The van der Waals surface area contributed by atoms with Crippen LogP contribution in [0.15, 0.2) is 34.6 Å². The van der Waals surface area contributed by atoms with Crippen LogP contribution in [0.5, 0.6) is 0 Å². The van der Waals surface area contributed by atoms with Crippen LogP contribution in [0.1, 0.15) is 16.1 Å². The van der Waals surface area contributed by atoms with Crippen LogP contribution in [-0.2, 0) is 16.6 Å². The van der Waals surface area contributed by atoms with Crippen molar-refractivity contribution >= 4 is 60.7 Å². The van der Waals surface area contributed by atoms with Crippen LogP contribution < -0.4 is 4.90 Å². The molecule has 2 heterocycles. The summed E-state index contributed by atoms with van der Waals surface area (Å²) in [4.78, 5) is 25.5. The zero-order chi connectivity index (χ0) is 19.0. The summed E-state index contributed by atoms with van der Waals surface area (Å²) in [5, 5.41) is 4.50. The molecule has 1 aromatic carbocycles. The molecule has 2 aromatic rings. The van der Waals surface area contributed by atoms with Crippen molar-refractivity contribution in [1.29, 1.82) is 0 Å². The molecule has 0 N–H and O–H groups in total. The van der Waals surface area contributed by atoms with E-state index >= 15 is 0 Å². The zero-order valence-corrected chi connectivity index (χ0v) is 16.9. The fraction of sp³-hybridized carbons (Fsp3) is 0.176. The molecule has 0 radical (unpaired) electrons. The lowest BCUT2D eigenvalue weighted by molar-refractivity contribution is 0.0589. The standard InChI is InChI=1S/C17H12Br2FN3O3/c1-22-16(17(25)26-2)14(7-21-22)23-12-4-3-9(20)5-10(12)11(8-24)15(19)13(23)6-18/h3-5,7H,6H2,1-2H3. The molecule has 0 saturated heterocycles. The molecule has 0 spiro atoms. The number of hydrogen-bond donors (Lipinski definition) is 0. The van der Waals surface area contributed by atoms with E-state index in [1.807, 2.05) is 5.94 Å². The highest BCUT2D eigenvalue weighted by molar-refractivity contribution is 9.12. The Bertz CT molecular complexity index is 993. The van der Waals surface area contributed by atoms with Gasteiger partial charge in [-0.3, -0.25) is 4.68 Å². The van der Waals surface area contributed by atoms with Gasteiger partial charge in [0.2, 0.25) is 0 Å². The molecule has 1 aromatic heterocycles. The maximum atomic E-state index is 13.8. The lowest BCUT2D eigenvalue weighted by Gasteiger charge is -2.33. The molecule has 0 fully saturated rings. The Labute approximate surface area is 165 Å². The highest BCUT2D eigenvalue weighted by atomic mass is 79.9. The minimum atomic E-state index is -0.564. The monoisotopic (exact) mass is 483 g/mol. The van der Waals surface area contributed by atoms with Gasteiger partial charge >= 0.3 is 5.97 Å². The number of carbonyl (C=O) groups is 1. The predicted molar refractivity (Wildman–Crippen MR) is 102 cm³/mol. The quantitative estimate of drug-likeness (QED) is 0.377. The Balaban J connectivity index is 2.36. The summed E-state index contributed by atoms with van der Waals surface area (Å²) in [6, 6.07) is 4.08. The summed E-state index contributed by atoms with van der Waals surface area (Å²) >= 11 is 6.81. The van der Waals surface area contributed by atoms with Gasteiger partial charge in [0.1, 0.15) is 11.8 Å². The van der Waals surface area contributed by atoms with E-state index in [0.717, 1.165) is 0 Å². The molecule has 0 unspecified atom stereocenters. The number of anilines is 2. The van der Waals surface area contributed by atoms with Gasteiger partial charge in [0, 0.05) is 23.6 Å². The second kappa shape index (κ2) is 7.19. The summed E-state index contributed by atoms with van der Waals surface area (Å²) < 4.78 is 20.5. The normalized spacial score (nSPS) is 13.6. The largest absolute Gasteiger partial charge is 0.464 e. The Morgan fingerprint density at radius 2 is 2.12 bits per heavy atom. The van der Waals surface area contributed by atoms with Crippen molar-refractivity contribution in [2.75, 3.05) is 17.3 Å². The van der Waals surface area contributed by atoms with Gasteiger partial charge in [-0.1, -0.05) is 15.9 Å². The lowest BCUT2D eigenvalue weighted by atomic mass is 9.98. The van der Waals surface area contributed by atoms with Crippen LogP contribution in [0.25, 0.3) is 5.57 Å². The number of esters is 1. The number of carbonyl (C=O) groups excluding carboxylic acids is 2. The molecule has 0 bridgehead atoms. The van der Waals surface area contributed by atoms with E-state index in [2.05, 4.69) is 37.0 Å².